The minimum atomic E-state index is -0.785. The number of carbonyl (C=O) groups is 2. The number of nitrogens with one attached hydrogen (secondary N) is 2. The highest BCUT2D eigenvalue weighted by Crippen LogP contribution is 2.34. The maximum Gasteiger partial charge on any atom is 0.315 e. The third-order valence-corrected chi connectivity index (χ3v) is 4.55. The molecule has 0 bridgehead atoms. The Balaban J connectivity index is 1.80. The molecule has 5 heteroatoms. The summed E-state index contributed by atoms with van der Waals surface area (Å²) in [7, 11) is 0. The summed E-state index contributed by atoms with van der Waals surface area (Å²) in [4.78, 5) is 23.3. The predicted molar refractivity (Wildman–Crippen MR) is 76.5 cm³/mol. The molecule has 20 heavy (non-hydrogen) atoms. The van der Waals surface area contributed by atoms with Gasteiger partial charge < -0.3 is 15.7 Å². The number of hydrogen-bond donors (Lipinski definition) is 3. The average Bonchev–Trinajstić information content (AvgIpc) is 3.13. The summed E-state index contributed by atoms with van der Waals surface area (Å²) in [6.45, 7) is 2.15. The summed E-state index contributed by atoms with van der Waals surface area (Å²) in [5, 5.41) is 15.1. The molecule has 0 aliphatic heterocycles. The minimum Gasteiger partial charge on any atom is -0.481 e. The van der Waals surface area contributed by atoms with Gasteiger partial charge in [-0.1, -0.05) is 32.6 Å². The molecule has 0 aromatic rings. The molecule has 2 fully saturated rings. The van der Waals surface area contributed by atoms with Crippen LogP contribution in [-0.4, -0.2) is 29.2 Å². The fraction of sp³-hybridized carbons (Fsp3) is 0.867. The smallest absolute Gasteiger partial charge is 0.315 e. The van der Waals surface area contributed by atoms with Gasteiger partial charge in [-0.2, -0.15) is 0 Å². The summed E-state index contributed by atoms with van der Waals surface area (Å²) in [6.07, 6.45) is 7.81. The van der Waals surface area contributed by atoms with Crippen molar-refractivity contribution in [1.29, 1.82) is 0 Å². The van der Waals surface area contributed by atoms with Crippen molar-refractivity contribution >= 4 is 12.0 Å². The third-order valence-electron chi connectivity index (χ3n) is 4.55. The summed E-state index contributed by atoms with van der Waals surface area (Å²) in [5.41, 5.74) is 0. The van der Waals surface area contributed by atoms with Crippen LogP contribution in [0.5, 0.6) is 0 Å². The Morgan fingerprint density at radius 2 is 1.80 bits per heavy atom. The zero-order valence-electron chi connectivity index (χ0n) is 12.2. The summed E-state index contributed by atoms with van der Waals surface area (Å²) in [5.74, 6) is -0.600. The number of hydrogen-bond acceptors (Lipinski definition) is 2. The van der Waals surface area contributed by atoms with E-state index in [0.717, 1.165) is 44.9 Å². The van der Waals surface area contributed by atoms with Crippen LogP contribution < -0.4 is 10.6 Å². The molecular weight excluding hydrogens is 256 g/mol. The monoisotopic (exact) mass is 282 g/mol. The van der Waals surface area contributed by atoms with Crippen LogP contribution >= 0.6 is 0 Å². The molecule has 0 aromatic heterocycles. The van der Waals surface area contributed by atoms with Crippen molar-refractivity contribution in [2.75, 3.05) is 0 Å². The lowest BCUT2D eigenvalue weighted by Crippen LogP contribution is -2.48. The lowest BCUT2D eigenvalue weighted by molar-refractivity contribution is -0.142. The van der Waals surface area contributed by atoms with Gasteiger partial charge in [-0.3, -0.25) is 4.79 Å². The van der Waals surface area contributed by atoms with Crippen LogP contribution in [0.2, 0.25) is 0 Å². The molecular formula is C15H26N2O3. The van der Waals surface area contributed by atoms with Crippen LogP contribution in [0.1, 0.15) is 58.3 Å². The number of carboxylic acid groups (broad SMARTS) is 1. The van der Waals surface area contributed by atoms with Crippen LogP contribution in [0.25, 0.3) is 0 Å². The molecule has 114 valence electrons. The van der Waals surface area contributed by atoms with Gasteiger partial charge >= 0.3 is 12.0 Å². The van der Waals surface area contributed by atoms with E-state index in [9.17, 15) is 14.7 Å². The normalized spacial score (nSPS) is 33.0. The van der Waals surface area contributed by atoms with Crippen molar-refractivity contribution in [3.05, 3.63) is 0 Å². The zero-order valence-corrected chi connectivity index (χ0v) is 12.2. The summed E-state index contributed by atoms with van der Waals surface area (Å²) in [6, 6.07) is -0.117. The van der Waals surface area contributed by atoms with Crippen molar-refractivity contribution in [3.8, 4) is 0 Å². The number of urea groups is 1. The molecule has 2 aliphatic carbocycles. The second-order valence-corrected chi connectivity index (χ2v) is 6.20. The van der Waals surface area contributed by atoms with Crippen LogP contribution in [0.4, 0.5) is 4.79 Å². The van der Waals surface area contributed by atoms with Gasteiger partial charge in [-0.25, -0.2) is 4.79 Å². The summed E-state index contributed by atoms with van der Waals surface area (Å²) < 4.78 is 0. The van der Waals surface area contributed by atoms with Gasteiger partial charge in [-0.15, -0.1) is 0 Å². The Kier molecular flexibility index (Phi) is 5.26. The first-order chi connectivity index (χ1) is 9.61. The first-order valence-electron chi connectivity index (χ1n) is 7.91. The molecule has 0 aromatic carbocycles. The fourth-order valence-electron chi connectivity index (χ4n) is 3.27. The highest BCUT2D eigenvalue weighted by molar-refractivity contribution is 5.77. The average molecular weight is 282 g/mol. The number of carbonyl (C=O) groups excluding carboxylic acids is 1. The van der Waals surface area contributed by atoms with Gasteiger partial charge in [-0.05, 0) is 31.6 Å². The van der Waals surface area contributed by atoms with Crippen molar-refractivity contribution in [1.82, 2.24) is 10.6 Å². The number of amides is 2. The fourth-order valence-corrected chi connectivity index (χ4v) is 3.27. The van der Waals surface area contributed by atoms with Gasteiger partial charge in [0.05, 0.1) is 5.92 Å². The number of aliphatic carboxylic acids is 1. The third kappa shape index (κ3) is 4.12. The van der Waals surface area contributed by atoms with Crippen LogP contribution in [0.3, 0.4) is 0 Å². The number of rotatable bonds is 5. The molecule has 2 rings (SSSR count). The molecule has 0 saturated heterocycles. The standard InChI is InChI=1S/C15H26N2O3/c1-2-6-10-9-13(10)17-15(20)16-12-8-5-3-4-7-11(12)14(18)19/h10-13H,2-9H2,1H3,(H,18,19)(H2,16,17,20). The first-order valence-corrected chi connectivity index (χ1v) is 7.91. The first kappa shape index (κ1) is 15.1. The van der Waals surface area contributed by atoms with Crippen molar-refractivity contribution in [3.63, 3.8) is 0 Å². The topological polar surface area (TPSA) is 78.4 Å². The van der Waals surface area contributed by atoms with Gasteiger partial charge in [0, 0.05) is 12.1 Å². The number of carboxylic acids is 1. The van der Waals surface area contributed by atoms with Crippen molar-refractivity contribution in [2.24, 2.45) is 11.8 Å². The molecule has 2 saturated carbocycles. The van der Waals surface area contributed by atoms with E-state index in [1.807, 2.05) is 0 Å². The van der Waals surface area contributed by atoms with E-state index in [1.165, 1.54) is 0 Å². The van der Waals surface area contributed by atoms with Gasteiger partial charge in [0.25, 0.3) is 0 Å². The Bertz CT molecular complexity index is 359. The SMILES string of the molecule is CCCC1CC1NC(=O)NC1CCCCCC1C(=O)O. The van der Waals surface area contributed by atoms with Gasteiger partial charge in [0.2, 0.25) is 0 Å². The van der Waals surface area contributed by atoms with E-state index in [0.29, 0.717) is 18.4 Å². The van der Waals surface area contributed by atoms with E-state index >= 15 is 0 Å². The maximum absolute atomic E-state index is 12.0. The zero-order chi connectivity index (χ0) is 14.5. The Morgan fingerprint density at radius 3 is 2.50 bits per heavy atom. The Morgan fingerprint density at radius 1 is 1.10 bits per heavy atom. The van der Waals surface area contributed by atoms with E-state index in [4.69, 9.17) is 0 Å². The predicted octanol–water partition coefficient (Wildman–Crippen LogP) is 2.51. The maximum atomic E-state index is 12.0. The van der Waals surface area contributed by atoms with Crippen molar-refractivity contribution < 1.29 is 14.7 Å². The lowest BCUT2D eigenvalue weighted by Gasteiger charge is -2.23. The van der Waals surface area contributed by atoms with Crippen LogP contribution in [0.15, 0.2) is 0 Å². The molecule has 4 unspecified atom stereocenters. The van der Waals surface area contributed by atoms with Gasteiger partial charge in [0.1, 0.15) is 0 Å². The molecule has 4 atom stereocenters. The molecule has 5 nitrogen and oxygen atoms in total. The molecule has 2 amide bonds. The lowest BCUT2D eigenvalue weighted by atomic mass is 9.95. The molecule has 0 radical (unpaired) electrons. The highest BCUT2D eigenvalue weighted by atomic mass is 16.4. The Hall–Kier alpha value is -1.26. The van der Waals surface area contributed by atoms with E-state index in [-0.39, 0.29) is 12.1 Å². The molecule has 2 aliphatic rings. The van der Waals surface area contributed by atoms with E-state index in [2.05, 4.69) is 17.6 Å². The second kappa shape index (κ2) is 6.95. The largest absolute Gasteiger partial charge is 0.481 e. The quantitative estimate of drug-likeness (QED) is 0.678. The minimum absolute atomic E-state index is 0.188. The second-order valence-electron chi connectivity index (χ2n) is 6.20. The highest BCUT2D eigenvalue weighted by Gasteiger charge is 2.38. The van der Waals surface area contributed by atoms with Crippen LogP contribution in [-0.2, 0) is 4.79 Å². The molecule has 0 spiro atoms. The van der Waals surface area contributed by atoms with E-state index in [1.54, 1.807) is 0 Å². The van der Waals surface area contributed by atoms with Crippen molar-refractivity contribution in [2.45, 2.75) is 70.4 Å². The van der Waals surface area contributed by atoms with E-state index < -0.39 is 11.9 Å². The molecule has 0 heterocycles. The Labute approximate surface area is 120 Å². The molecule has 3 N–H and O–H groups in total. The van der Waals surface area contributed by atoms with Crippen LogP contribution in [0, 0.1) is 11.8 Å². The summed E-state index contributed by atoms with van der Waals surface area (Å²) >= 11 is 0. The van der Waals surface area contributed by atoms with Gasteiger partial charge in [0.15, 0.2) is 0 Å².